The molecule has 1 saturated heterocycles. The Balaban J connectivity index is 0.00000420. The average Bonchev–Trinajstić information content (AvgIpc) is 3.15. The predicted molar refractivity (Wildman–Crippen MR) is 116 cm³/mol. The van der Waals surface area contributed by atoms with Crippen molar-refractivity contribution in [2.24, 2.45) is 4.99 Å². The van der Waals surface area contributed by atoms with Crippen molar-refractivity contribution in [1.29, 1.82) is 0 Å². The van der Waals surface area contributed by atoms with E-state index < -0.39 is 15.5 Å². The van der Waals surface area contributed by atoms with E-state index in [4.69, 9.17) is 4.42 Å². The van der Waals surface area contributed by atoms with Gasteiger partial charge in [0.2, 0.25) is 0 Å². The molecule has 1 aromatic rings. The van der Waals surface area contributed by atoms with Crippen molar-refractivity contribution in [3.8, 4) is 0 Å². The van der Waals surface area contributed by atoms with E-state index >= 15 is 0 Å². The molecule has 29 heavy (non-hydrogen) atoms. The number of hydrogen-bond acceptors (Lipinski definition) is 4. The fourth-order valence-corrected chi connectivity index (χ4v) is 3.83. The number of furan rings is 1. The molecule has 0 amide bonds. The zero-order valence-corrected chi connectivity index (χ0v) is 19.4. The quantitative estimate of drug-likeness (QED) is 0.224. The number of halogens is 4. The molecule has 1 fully saturated rings. The number of hydrogen-bond donors (Lipinski definition) is 2. The molecule has 1 aromatic heterocycles. The second-order valence-corrected chi connectivity index (χ2v) is 8.54. The summed E-state index contributed by atoms with van der Waals surface area (Å²) in [5, 5.41) is 6.41. The summed E-state index contributed by atoms with van der Waals surface area (Å²) in [4.78, 5) is 4.49. The SMILES string of the molecule is CCCCN=C(NCCc1ccco1)NC1CCN(S(=O)(=O)C(F)(F)F)CC1.I. The van der Waals surface area contributed by atoms with Crippen LogP contribution in [0.5, 0.6) is 0 Å². The second kappa shape index (κ2) is 12.0. The smallest absolute Gasteiger partial charge is 0.469 e. The Morgan fingerprint density at radius 2 is 2.03 bits per heavy atom. The van der Waals surface area contributed by atoms with Crippen LogP contribution in [0.3, 0.4) is 0 Å². The van der Waals surface area contributed by atoms with Gasteiger partial charge in [0.05, 0.1) is 6.26 Å². The Hall–Kier alpha value is -1.02. The van der Waals surface area contributed by atoms with Crippen LogP contribution >= 0.6 is 24.0 Å². The lowest BCUT2D eigenvalue weighted by molar-refractivity contribution is -0.0494. The molecule has 0 spiro atoms. The van der Waals surface area contributed by atoms with Crippen molar-refractivity contribution in [1.82, 2.24) is 14.9 Å². The lowest BCUT2D eigenvalue weighted by Crippen LogP contribution is -2.51. The lowest BCUT2D eigenvalue weighted by Gasteiger charge is -2.32. The van der Waals surface area contributed by atoms with Gasteiger partial charge in [-0.3, -0.25) is 4.99 Å². The number of aliphatic imine (C=N–C) groups is 1. The number of piperidine rings is 1. The number of guanidine groups is 1. The summed E-state index contributed by atoms with van der Waals surface area (Å²) in [6.45, 7) is 2.94. The zero-order chi connectivity index (χ0) is 20.6. The van der Waals surface area contributed by atoms with Crippen molar-refractivity contribution in [3.63, 3.8) is 0 Å². The predicted octanol–water partition coefficient (Wildman–Crippen LogP) is 3.09. The summed E-state index contributed by atoms with van der Waals surface area (Å²) in [5.74, 6) is 1.42. The highest BCUT2D eigenvalue weighted by Crippen LogP contribution is 2.28. The minimum Gasteiger partial charge on any atom is -0.469 e. The van der Waals surface area contributed by atoms with E-state index in [-0.39, 0.29) is 55.9 Å². The van der Waals surface area contributed by atoms with Gasteiger partial charge in [-0.1, -0.05) is 13.3 Å². The Morgan fingerprint density at radius 1 is 1.34 bits per heavy atom. The van der Waals surface area contributed by atoms with Crippen molar-refractivity contribution in [2.45, 2.75) is 50.6 Å². The van der Waals surface area contributed by atoms with Crippen molar-refractivity contribution in [2.75, 3.05) is 26.2 Å². The topological polar surface area (TPSA) is 86.9 Å². The van der Waals surface area contributed by atoms with Gasteiger partial charge < -0.3 is 15.1 Å². The highest BCUT2D eigenvalue weighted by Gasteiger charge is 2.50. The third-order valence-corrected chi connectivity index (χ3v) is 6.08. The number of rotatable bonds is 8. The molecule has 0 unspecified atom stereocenters. The van der Waals surface area contributed by atoms with Crippen LogP contribution in [0.15, 0.2) is 27.8 Å². The first-order valence-electron chi connectivity index (χ1n) is 9.37. The highest BCUT2D eigenvalue weighted by atomic mass is 127. The maximum Gasteiger partial charge on any atom is 0.511 e. The fraction of sp³-hybridized carbons (Fsp3) is 0.706. The number of sulfonamides is 1. The van der Waals surface area contributed by atoms with Gasteiger partial charge in [0.15, 0.2) is 5.96 Å². The van der Waals surface area contributed by atoms with Crippen LogP contribution < -0.4 is 10.6 Å². The number of nitrogens with one attached hydrogen (secondary N) is 2. The van der Waals surface area contributed by atoms with Gasteiger partial charge in [-0.15, -0.1) is 24.0 Å². The van der Waals surface area contributed by atoms with E-state index in [0.717, 1.165) is 18.6 Å². The number of nitrogens with zero attached hydrogens (tertiary/aromatic N) is 2. The largest absolute Gasteiger partial charge is 0.511 e. The molecule has 0 aromatic carbocycles. The van der Waals surface area contributed by atoms with Gasteiger partial charge in [-0.25, -0.2) is 8.42 Å². The number of unbranched alkanes of at least 4 members (excludes halogenated alkanes) is 1. The standard InChI is InChI=1S/C17H27F3N4O3S.HI/c1-2-3-9-21-16(22-10-6-15-5-4-13-27-15)23-14-7-11-24(12-8-14)28(25,26)17(18,19)20;/h4-5,13-14H,2-3,6-12H2,1H3,(H2,21,22,23);1H. The van der Waals surface area contributed by atoms with Gasteiger partial charge in [0.25, 0.3) is 0 Å². The molecule has 0 bridgehead atoms. The van der Waals surface area contributed by atoms with Crippen molar-refractivity contribution < 1.29 is 26.0 Å². The van der Waals surface area contributed by atoms with Crippen molar-refractivity contribution in [3.05, 3.63) is 24.2 Å². The molecule has 2 heterocycles. The molecule has 1 aliphatic heterocycles. The Kier molecular flexibility index (Phi) is 10.8. The van der Waals surface area contributed by atoms with Crippen LogP contribution in [0.25, 0.3) is 0 Å². The summed E-state index contributed by atoms with van der Waals surface area (Å²) in [6.07, 6.45) is 4.75. The molecule has 0 saturated carbocycles. The third-order valence-electron chi connectivity index (χ3n) is 4.45. The molecular formula is C17H28F3IN4O3S. The van der Waals surface area contributed by atoms with Crippen LogP contribution in [-0.4, -0.2) is 56.4 Å². The summed E-state index contributed by atoms with van der Waals surface area (Å²) in [6, 6.07) is 3.54. The first-order valence-corrected chi connectivity index (χ1v) is 10.8. The fourth-order valence-electron chi connectivity index (χ4n) is 2.84. The molecule has 0 radical (unpaired) electrons. The Labute approximate surface area is 186 Å². The molecule has 1 aliphatic rings. The molecule has 0 aliphatic carbocycles. The van der Waals surface area contributed by atoms with Crippen molar-refractivity contribution >= 4 is 40.0 Å². The normalized spacial score (nSPS) is 17.0. The first kappa shape index (κ1) is 26.0. The van der Waals surface area contributed by atoms with E-state index in [1.807, 2.05) is 12.1 Å². The minimum atomic E-state index is -5.26. The second-order valence-electron chi connectivity index (χ2n) is 6.61. The van der Waals surface area contributed by atoms with Gasteiger partial charge in [0.1, 0.15) is 5.76 Å². The zero-order valence-electron chi connectivity index (χ0n) is 16.2. The van der Waals surface area contributed by atoms with E-state index in [2.05, 4.69) is 22.5 Å². The molecule has 12 heteroatoms. The molecule has 2 N–H and O–H groups in total. The Morgan fingerprint density at radius 3 is 2.59 bits per heavy atom. The molecule has 2 rings (SSSR count). The Bertz CT molecular complexity index is 719. The summed E-state index contributed by atoms with van der Waals surface area (Å²) in [5.41, 5.74) is -5.26. The highest BCUT2D eigenvalue weighted by molar-refractivity contribution is 14.0. The van der Waals surface area contributed by atoms with Gasteiger partial charge in [0, 0.05) is 38.6 Å². The summed E-state index contributed by atoms with van der Waals surface area (Å²) in [7, 11) is -5.26. The van der Waals surface area contributed by atoms with Crippen LogP contribution in [0.1, 0.15) is 38.4 Å². The average molecular weight is 552 g/mol. The molecular weight excluding hydrogens is 524 g/mol. The van der Waals surface area contributed by atoms with E-state index in [1.54, 1.807) is 6.26 Å². The third kappa shape index (κ3) is 7.96. The van der Waals surface area contributed by atoms with Crippen LogP contribution in [0.2, 0.25) is 0 Å². The van der Waals surface area contributed by atoms with Gasteiger partial charge >= 0.3 is 15.5 Å². The van der Waals surface area contributed by atoms with Crippen LogP contribution in [0.4, 0.5) is 13.2 Å². The first-order chi connectivity index (χ1) is 13.2. The van der Waals surface area contributed by atoms with E-state index in [1.165, 1.54) is 0 Å². The molecule has 0 atom stereocenters. The molecule has 168 valence electrons. The molecule has 7 nitrogen and oxygen atoms in total. The van der Waals surface area contributed by atoms with Gasteiger partial charge in [-0.05, 0) is 31.4 Å². The lowest BCUT2D eigenvalue weighted by atomic mass is 10.1. The van der Waals surface area contributed by atoms with Crippen LogP contribution in [-0.2, 0) is 16.4 Å². The summed E-state index contributed by atoms with van der Waals surface area (Å²) < 4.78 is 66.8. The van der Waals surface area contributed by atoms with E-state index in [0.29, 0.717) is 29.8 Å². The monoisotopic (exact) mass is 552 g/mol. The van der Waals surface area contributed by atoms with Crippen LogP contribution in [0, 0.1) is 0 Å². The van der Waals surface area contributed by atoms with E-state index in [9.17, 15) is 21.6 Å². The maximum absolute atomic E-state index is 12.7. The summed E-state index contributed by atoms with van der Waals surface area (Å²) >= 11 is 0. The van der Waals surface area contributed by atoms with Gasteiger partial charge in [-0.2, -0.15) is 17.5 Å². The maximum atomic E-state index is 12.7. The minimum absolute atomic E-state index is 0. The number of alkyl halides is 3.